The molecule has 4 rings (SSSR count). The van der Waals surface area contributed by atoms with Crippen LogP contribution in [0.25, 0.3) is 11.3 Å². The average Bonchev–Trinajstić information content (AvgIpc) is 3.67. The molecule has 0 unspecified atom stereocenters. The summed E-state index contributed by atoms with van der Waals surface area (Å²) >= 11 is 0. The number of nitrogens with zero attached hydrogens (tertiary/aromatic N) is 4. The molecule has 1 aliphatic carbocycles. The number of pyridine rings is 1. The fourth-order valence-corrected chi connectivity index (χ4v) is 6.16. The Balaban J connectivity index is 1.91. The van der Waals surface area contributed by atoms with Crippen molar-refractivity contribution >= 4 is 21.6 Å². The molecule has 8 nitrogen and oxygen atoms in total. The maximum atomic E-state index is 13.9. The molecular weight excluding hydrogens is 514 g/mol. The molecule has 13 heteroatoms. The van der Waals surface area contributed by atoms with E-state index in [9.17, 15) is 26.0 Å². The summed E-state index contributed by atoms with van der Waals surface area (Å²) in [6.45, 7) is 6.04. The first-order chi connectivity index (χ1) is 17.4. The lowest BCUT2D eigenvalue weighted by Gasteiger charge is -2.28. The summed E-state index contributed by atoms with van der Waals surface area (Å²) in [6.07, 6.45) is -0.0699. The van der Waals surface area contributed by atoms with Gasteiger partial charge < -0.3 is 15.4 Å². The van der Waals surface area contributed by atoms with Crippen LogP contribution in [0.3, 0.4) is 0 Å². The number of hydrogen-bond donors (Lipinski definition) is 1. The van der Waals surface area contributed by atoms with Crippen LogP contribution in [0.15, 0.2) is 53.9 Å². The lowest BCUT2D eigenvalue weighted by atomic mass is 10.0. The number of rotatable bonds is 7. The van der Waals surface area contributed by atoms with E-state index in [2.05, 4.69) is 21.5 Å². The number of halogens is 4. The van der Waals surface area contributed by atoms with Crippen molar-refractivity contribution in [2.45, 2.75) is 30.7 Å². The molecular formula is C24H25F4N5O3S. The van der Waals surface area contributed by atoms with Crippen LogP contribution in [0.5, 0.6) is 0 Å². The van der Waals surface area contributed by atoms with Crippen molar-refractivity contribution < 1.29 is 30.7 Å². The zero-order chi connectivity index (χ0) is 27.0. The second kappa shape index (κ2) is 9.86. The molecule has 2 aliphatic rings. The van der Waals surface area contributed by atoms with Crippen LogP contribution < -0.4 is 10.6 Å². The van der Waals surface area contributed by atoms with Crippen molar-refractivity contribution in [1.82, 2.24) is 15.0 Å². The summed E-state index contributed by atoms with van der Waals surface area (Å²) in [6, 6.07) is 1.96. The molecule has 2 fully saturated rings. The predicted octanol–water partition coefficient (Wildman–Crippen LogP) is 4.32. The van der Waals surface area contributed by atoms with E-state index >= 15 is 0 Å². The van der Waals surface area contributed by atoms with Gasteiger partial charge in [0.15, 0.2) is 9.84 Å². The fraction of sp³-hybridized carbons (Fsp3) is 0.375. The number of sulfone groups is 1. The van der Waals surface area contributed by atoms with E-state index < -0.39 is 32.2 Å². The Labute approximate surface area is 211 Å². The van der Waals surface area contributed by atoms with Crippen molar-refractivity contribution in [1.29, 1.82) is 0 Å². The van der Waals surface area contributed by atoms with E-state index in [0.29, 0.717) is 32.4 Å². The zero-order valence-electron chi connectivity index (χ0n) is 19.9. The number of nitrogens with two attached hydrogens (primary N) is 1. The Hall–Kier alpha value is -3.32. The van der Waals surface area contributed by atoms with Crippen molar-refractivity contribution in [3.8, 4) is 11.3 Å². The van der Waals surface area contributed by atoms with Crippen LogP contribution >= 0.6 is 0 Å². The minimum absolute atomic E-state index is 0.0516. The topological polar surface area (TPSA) is 111 Å². The van der Waals surface area contributed by atoms with E-state index in [0.717, 1.165) is 18.3 Å². The molecule has 0 amide bonds. The van der Waals surface area contributed by atoms with E-state index in [1.54, 1.807) is 4.90 Å². The van der Waals surface area contributed by atoms with Crippen LogP contribution in [0.4, 0.5) is 29.3 Å². The first-order valence-corrected chi connectivity index (χ1v) is 12.9. The molecule has 37 heavy (non-hydrogen) atoms. The summed E-state index contributed by atoms with van der Waals surface area (Å²) in [5, 5.41) is 0. The smallest absolute Gasteiger partial charge is 0.384 e. The predicted molar refractivity (Wildman–Crippen MR) is 131 cm³/mol. The van der Waals surface area contributed by atoms with Gasteiger partial charge in [-0.05, 0) is 44.1 Å². The number of morpholine rings is 1. The Bertz CT molecular complexity index is 1380. The van der Waals surface area contributed by atoms with Crippen LogP contribution in [0.1, 0.15) is 31.0 Å². The molecule has 1 saturated carbocycles. The summed E-state index contributed by atoms with van der Waals surface area (Å²) < 4.78 is 86.2. The molecule has 0 spiro atoms. The number of hydrogen-bond acceptors (Lipinski definition) is 8. The third-order valence-corrected chi connectivity index (χ3v) is 8.86. The van der Waals surface area contributed by atoms with Crippen LogP contribution in [-0.4, -0.2) is 49.7 Å². The van der Waals surface area contributed by atoms with E-state index in [1.165, 1.54) is 19.1 Å². The van der Waals surface area contributed by atoms with Gasteiger partial charge in [-0.2, -0.15) is 13.2 Å². The highest BCUT2D eigenvalue weighted by molar-refractivity contribution is 7.96. The Kier molecular flexibility index (Phi) is 7.12. The SMILES string of the molecule is C=C(F)/C=C\C(=C/C)S(=O)(=O)C1(c2cc(-c3cnc(N)cc3C(F)(F)F)nc(N3CCOCC3)n2)CC1. The lowest BCUT2D eigenvalue weighted by molar-refractivity contribution is -0.137. The molecule has 198 valence electrons. The van der Waals surface area contributed by atoms with Crippen molar-refractivity contribution in [2.75, 3.05) is 36.9 Å². The number of ether oxygens (including phenoxy) is 1. The van der Waals surface area contributed by atoms with Gasteiger partial charge in [-0.1, -0.05) is 12.7 Å². The third kappa shape index (κ3) is 5.23. The maximum absolute atomic E-state index is 13.9. The zero-order valence-corrected chi connectivity index (χ0v) is 20.7. The number of aromatic nitrogens is 3. The normalized spacial score (nSPS) is 18.3. The molecule has 2 aromatic heterocycles. The van der Waals surface area contributed by atoms with Gasteiger partial charge in [-0.25, -0.2) is 27.8 Å². The quantitative estimate of drug-likeness (QED) is 0.409. The van der Waals surface area contributed by atoms with Gasteiger partial charge in [-0.15, -0.1) is 0 Å². The van der Waals surface area contributed by atoms with Crippen LogP contribution in [-0.2, 0) is 25.5 Å². The largest absolute Gasteiger partial charge is 0.417 e. The average molecular weight is 540 g/mol. The molecule has 0 bridgehead atoms. The van der Waals surface area contributed by atoms with Gasteiger partial charge in [0, 0.05) is 24.8 Å². The van der Waals surface area contributed by atoms with Gasteiger partial charge in [0.05, 0.1) is 35.1 Å². The minimum Gasteiger partial charge on any atom is -0.384 e. The van der Waals surface area contributed by atoms with Crippen molar-refractivity contribution in [3.63, 3.8) is 0 Å². The van der Waals surface area contributed by atoms with Gasteiger partial charge in [0.25, 0.3) is 0 Å². The van der Waals surface area contributed by atoms with Gasteiger partial charge in [0.1, 0.15) is 16.4 Å². The van der Waals surface area contributed by atoms with Crippen LogP contribution in [0.2, 0.25) is 0 Å². The summed E-state index contributed by atoms with van der Waals surface area (Å²) in [7, 11) is -4.10. The lowest BCUT2D eigenvalue weighted by Crippen LogP contribution is -2.38. The molecule has 1 aliphatic heterocycles. The molecule has 0 aromatic carbocycles. The van der Waals surface area contributed by atoms with Gasteiger partial charge in [0.2, 0.25) is 5.95 Å². The highest BCUT2D eigenvalue weighted by atomic mass is 32.2. The van der Waals surface area contributed by atoms with E-state index in [-0.39, 0.29) is 46.5 Å². The van der Waals surface area contributed by atoms with Gasteiger partial charge in [-0.3, -0.25) is 0 Å². The van der Waals surface area contributed by atoms with E-state index in [1.807, 2.05) is 0 Å². The van der Waals surface area contributed by atoms with Crippen molar-refractivity contribution in [3.05, 3.63) is 65.1 Å². The van der Waals surface area contributed by atoms with E-state index in [4.69, 9.17) is 10.5 Å². The Morgan fingerprint density at radius 1 is 1.19 bits per heavy atom. The minimum atomic E-state index is -4.77. The second-order valence-corrected chi connectivity index (χ2v) is 10.9. The molecule has 3 heterocycles. The highest BCUT2D eigenvalue weighted by Gasteiger charge is 2.58. The fourth-order valence-electron chi connectivity index (χ4n) is 4.14. The van der Waals surface area contributed by atoms with Crippen molar-refractivity contribution in [2.24, 2.45) is 0 Å². The molecule has 0 radical (unpaired) electrons. The molecule has 0 atom stereocenters. The molecule has 2 aromatic rings. The second-order valence-electron chi connectivity index (χ2n) is 8.66. The first kappa shape index (κ1) is 26.7. The summed E-state index contributed by atoms with van der Waals surface area (Å²) in [4.78, 5) is 14.3. The third-order valence-electron chi connectivity index (χ3n) is 6.22. The standard InChI is InChI=1S/C24H25F4N5O3S/c1-3-16(5-4-15(2)25)37(34,35)23(6-7-23)20-13-19(31-22(32-20)33-8-10-36-11-9-33)17-14-30-21(29)12-18(17)24(26,27)28/h3-5,12-14H,2,6-11H2,1H3,(H2,29,30)/b5-4-,16-3+. The summed E-state index contributed by atoms with van der Waals surface area (Å²) in [5.41, 5.74) is 4.03. The number of anilines is 2. The number of alkyl halides is 3. The Morgan fingerprint density at radius 2 is 1.86 bits per heavy atom. The molecule has 2 N–H and O–H groups in total. The maximum Gasteiger partial charge on any atom is 0.417 e. The highest BCUT2D eigenvalue weighted by Crippen LogP contribution is 2.55. The van der Waals surface area contributed by atoms with Gasteiger partial charge >= 0.3 is 6.18 Å². The Morgan fingerprint density at radius 3 is 2.43 bits per heavy atom. The summed E-state index contributed by atoms with van der Waals surface area (Å²) in [5.74, 6) is -1.07. The van der Waals surface area contributed by atoms with Crippen LogP contribution in [0, 0.1) is 0 Å². The monoisotopic (exact) mass is 539 g/mol. The first-order valence-electron chi connectivity index (χ1n) is 11.4. The molecule has 1 saturated heterocycles. The number of allylic oxidation sites excluding steroid dienone is 4. The number of nitrogen functional groups attached to an aromatic ring is 1.